The molecule has 1 saturated heterocycles. The van der Waals surface area contributed by atoms with E-state index in [0.717, 1.165) is 39.1 Å². The van der Waals surface area contributed by atoms with E-state index in [0.29, 0.717) is 19.5 Å². The van der Waals surface area contributed by atoms with E-state index in [2.05, 4.69) is 75.2 Å². The van der Waals surface area contributed by atoms with Crippen molar-refractivity contribution in [3.05, 3.63) is 75.1 Å². The van der Waals surface area contributed by atoms with Crippen LogP contribution in [0.25, 0.3) is 0 Å². The molecule has 0 N–H and O–H groups in total. The highest BCUT2D eigenvalue weighted by molar-refractivity contribution is 7.10. The second-order valence-corrected chi connectivity index (χ2v) is 9.74. The van der Waals surface area contributed by atoms with Crippen LogP contribution in [0.2, 0.25) is 0 Å². The number of rotatable bonds is 9. The Morgan fingerprint density at radius 1 is 0.833 bits per heavy atom. The van der Waals surface area contributed by atoms with Crippen molar-refractivity contribution < 1.29 is 4.79 Å². The molecular formula is C24H29N3OS2. The monoisotopic (exact) mass is 439 g/mol. The van der Waals surface area contributed by atoms with Crippen LogP contribution in [0.3, 0.4) is 0 Å². The number of carbonyl (C=O) groups is 1. The average Bonchev–Trinajstić information content (AvgIpc) is 3.49. The van der Waals surface area contributed by atoms with Crippen LogP contribution in [-0.4, -0.2) is 48.4 Å². The van der Waals surface area contributed by atoms with E-state index >= 15 is 0 Å². The lowest BCUT2D eigenvalue weighted by atomic mass is 10.2. The summed E-state index contributed by atoms with van der Waals surface area (Å²) >= 11 is 3.45. The molecule has 3 heterocycles. The van der Waals surface area contributed by atoms with Crippen LogP contribution in [0.1, 0.15) is 22.6 Å². The molecule has 158 valence electrons. The van der Waals surface area contributed by atoms with Crippen molar-refractivity contribution in [1.82, 2.24) is 9.80 Å². The molecule has 1 aromatic carbocycles. The van der Waals surface area contributed by atoms with Gasteiger partial charge in [0.1, 0.15) is 0 Å². The van der Waals surface area contributed by atoms with Gasteiger partial charge in [-0.2, -0.15) is 0 Å². The maximum absolute atomic E-state index is 13.0. The normalized spacial score (nSPS) is 14.7. The first-order valence-electron chi connectivity index (χ1n) is 10.6. The Hall–Kier alpha value is -2.15. The minimum absolute atomic E-state index is 0.264. The summed E-state index contributed by atoms with van der Waals surface area (Å²) in [4.78, 5) is 22.4. The number of amides is 1. The van der Waals surface area contributed by atoms with Gasteiger partial charge in [0.15, 0.2) is 0 Å². The zero-order valence-corrected chi connectivity index (χ0v) is 18.9. The molecular weight excluding hydrogens is 410 g/mol. The first-order chi connectivity index (χ1) is 14.8. The first-order valence-corrected chi connectivity index (χ1v) is 12.4. The Morgan fingerprint density at radius 2 is 1.47 bits per heavy atom. The van der Waals surface area contributed by atoms with E-state index in [1.165, 1.54) is 15.4 Å². The smallest absolute Gasteiger partial charge is 0.223 e. The molecule has 0 saturated carbocycles. The fraction of sp³-hybridized carbons (Fsp3) is 0.375. The van der Waals surface area contributed by atoms with Crippen molar-refractivity contribution >= 4 is 34.3 Å². The van der Waals surface area contributed by atoms with E-state index in [-0.39, 0.29) is 5.91 Å². The summed E-state index contributed by atoms with van der Waals surface area (Å²) in [7, 11) is 0. The lowest BCUT2D eigenvalue weighted by Crippen LogP contribution is -2.46. The minimum atomic E-state index is 0.264. The van der Waals surface area contributed by atoms with Crippen molar-refractivity contribution in [1.29, 1.82) is 0 Å². The van der Waals surface area contributed by atoms with Crippen molar-refractivity contribution in [2.24, 2.45) is 0 Å². The molecule has 0 atom stereocenters. The van der Waals surface area contributed by atoms with Crippen LogP contribution in [-0.2, 0) is 17.9 Å². The third-order valence-corrected chi connectivity index (χ3v) is 7.29. The van der Waals surface area contributed by atoms with Crippen molar-refractivity contribution in [3.63, 3.8) is 0 Å². The number of hydrogen-bond donors (Lipinski definition) is 0. The van der Waals surface area contributed by atoms with E-state index in [9.17, 15) is 4.79 Å². The van der Waals surface area contributed by atoms with E-state index < -0.39 is 0 Å². The highest BCUT2D eigenvalue weighted by Gasteiger charge is 2.19. The van der Waals surface area contributed by atoms with E-state index in [1.54, 1.807) is 22.7 Å². The first kappa shape index (κ1) is 21.1. The molecule has 0 aliphatic carbocycles. The number of piperazine rings is 1. The second kappa shape index (κ2) is 10.8. The molecule has 4 nitrogen and oxygen atoms in total. The Kier molecular flexibility index (Phi) is 7.56. The summed E-state index contributed by atoms with van der Waals surface area (Å²) in [5.74, 6) is 0.264. The zero-order valence-electron chi connectivity index (χ0n) is 17.3. The largest absolute Gasteiger partial charge is 0.369 e. The Bertz CT molecular complexity index is 836. The summed E-state index contributed by atoms with van der Waals surface area (Å²) in [6.45, 7) is 6.67. The predicted octanol–water partition coefficient (Wildman–Crippen LogP) is 4.94. The molecule has 1 aliphatic rings. The number of nitrogens with zero attached hydrogens (tertiary/aromatic N) is 3. The Labute approximate surface area is 187 Å². The van der Waals surface area contributed by atoms with Gasteiger partial charge in [-0.15, -0.1) is 22.7 Å². The molecule has 30 heavy (non-hydrogen) atoms. The van der Waals surface area contributed by atoms with Crippen molar-refractivity contribution in [2.75, 3.05) is 37.6 Å². The number of hydrogen-bond acceptors (Lipinski definition) is 5. The van der Waals surface area contributed by atoms with Gasteiger partial charge in [-0.25, -0.2) is 0 Å². The Morgan fingerprint density at radius 3 is 2.03 bits per heavy atom. The molecule has 3 aromatic rings. The third kappa shape index (κ3) is 5.94. The van der Waals surface area contributed by atoms with Gasteiger partial charge in [0, 0.05) is 48.0 Å². The zero-order chi connectivity index (χ0) is 20.6. The number of anilines is 1. The molecule has 0 bridgehead atoms. The van der Waals surface area contributed by atoms with Crippen LogP contribution in [0.15, 0.2) is 65.4 Å². The molecule has 4 rings (SSSR count). The van der Waals surface area contributed by atoms with Crippen LogP contribution < -0.4 is 4.90 Å². The highest BCUT2D eigenvalue weighted by Crippen LogP contribution is 2.19. The fourth-order valence-corrected chi connectivity index (χ4v) is 5.33. The molecule has 0 unspecified atom stereocenters. The molecule has 1 amide bonds. The predicted molar refractivity (Wildman–Crippen MR) is 127 cm³/mol. The quantitative estimate of drug-likeness (QED) is 0.472. The van der Waals surface area contributed by atoms with Gasteiger partial charge < -0.3 is 9.80 Å². The van der Waals surface area contributed by atoms with Crippen LogP contribution in [0.4, 0.5) is 5.69 Å². The van der Waals surface area contributed by atoms with E-state index in [4.69, 9.17) is 0 Å². The van der Waals surface area contributed by atoms with Crippen molar-refractivity contribution in [2.45, 2.75) is 25.9 Å². The summed E-state index contributed by atoms with van der Waals surface area (Å²) in [5.41, 5.74) is 1.31. The highest BCUT2D eigenvalue weighted by atomic mass is 32.1. The van der Waals surface area contributed by atoms with Crippen molar-refractivity contribution in [3.8, 4) is 0 Å². The average molecular weight is 440 g/mol. The SMILES string of the molecule is O=C(CCCN1CCN(c2ccccc2)CC1)N(Cc1cccs1)Cc1cccs1. The number of benzene rings is 1. The summed E-state index contributed by atoms with van der Waals surface area (Å²) < 4.78 is 0. The van der Waals surface area contributed by atoms with Crippen LogP contribution in [0.5, 0.6) is 0 Å². The number of para-hydroxylation sites is 1. The summed E-state index contributed by atoms with van der Waals surface area (Å²) in [5, 5.41) is 4.16. The van der Waals surface area contributed by atoms with Gasteiger partial charge in [0.2, 0.25) is 5.91 Å². The van der Waals surface area contributed by atoms with Gasteiger partial charge in [-0.1, -0.05) is 30.3 Å². The van der Waals surface area contributed by atoms with Gasteiger partial charge in [0.25, 0.3) is 0 Å². The molecule has 1 aliphatic heterocycles. The van der Waals surface area contributed by atoms with Gasteiger partial charge in [-0.3, -0.25) is 9.69 Å². The summed E-state index contributed by atoms with van der Waals surface area (Å²) in [6.07, 6.45) is 1.55. The lowest BCUT2D eigenvalue weighted by Gasteiger charge is -2.36. The number of thiophene rings is 2. The van der Waals surface area contributed by atoms with Gasteiger partial charge in [0.05, 0.1) is 13.1 Å². The number of carbonyl (C=O) groups excluding carboxylic acids is 1. The fourth-order valence-electron chi connectivity index (χ4n) is 3.89. The van der Waals surface area contributed by atoms with Gasteiger partial charge in [-0.05, 0) is 48.0 Å². The molecule has 0 radical (unpaired) electrons. The molecule has 1 fully saturated rings. The maximum Gasteiger partial charge on any atom is 0.223 e. The van der Waals surface area contributed by atoms with E-state index in [1.807, 2.05) is 4.90 Å². The third-order valence-electron chi connectivity index (χ3n) is 5.56. The maximum atomic E-state index is 13.0. The topological polar surface area (TPSA) is 26.8 Å². The Balaban J connectivity index is 1.23. The summed E-state index contributed by atoms with van der Waals surface area (Å²) in [6, 6.07) is 19.0. The standard InChI is InChI=1S/C24H29N3OS2/c28-24(27(19-22-9-5-17-29-22)20-23-10-6-18-30-23)11-4-12-25-13-15-26(16-14-25)21-7-2-1-3-8-21/h1-3,5-10,17-18H,4,11-16,19-20H2. The van der Waals surface area contributed by atoms with Crippen LogP contribution >= 0.6 is 22.7 Å². The van der Waals surface area contributed by atoms with Crippen LogP contribution in [0, 0.1) is 0 Å². The molecule has 6 heteroatoms. The van der Waals surface area contributed by atoms with Gasteiger partial charge >= 0.3 is 0 Å². The molecule has 0 spiro atoms. The lowest BCUT2D eigenvalue weighted by molar-refractivity contribution is -0.132. The molecule has 2 aromatic heterocycles. The minimum Gasteiger partial charge on any atom is -0.369 e. The second-order valence-electron chi connectivity index (χ2n) is 7.68.